The number of hydrogen-bond acceptors (Lipinski definition) is 3. The van der Waals surface area contributed by atoms with Gasteiger partial charge in [-0.15, -0.1) is 0 Å². The van der Waals surface area contributed by atoms with Crippen LogP contribution in [0.1, 0.15) is 18.4 Å². The molecular formula is C12H13NO2. The summed E-state index contributed by atoms with van der Waals surface area (Å²) in [7, 11) is 3.21. The topological polar surface area (TPSA) is 42.2 Å². The third kappa shape index (κ3) is 1.52. The van der Waals surface area contributed by atoms with Gasteiger partial charge in [-0.2, -0.15) is 5.26 Å². The van der Waals surface area contributed by atoms with E-state index < -0.39 is 0 Å². The average molecular weight is 203 g/mol. The highest BCUT2D eigenvalue weighted by Crippen LogP contribution is 2.49. The first-order chi connectivity index (χ1) is 7.25. The molecule has 0 saturated heterocycles. The third-order valence-corrected chi connectivity index (χ3v) is 2.90. The van der Waals surface area contributed by atoms with Crippen LogP contribution in [0.3, 0.4) is 0 Å². The molecule has 0 aromatic heterocycles. The molecule has 1 fully saturated rings. The number of nitrogens with zero attached hydrogens (tertiary/aromatic N) is 1. The molecule has 0 unspecified atom stereocenters. The van der Waals surface area contributed by atoms with Gasteiger partial charge in [-0.25, -0.2) is 0 Å². The highest BCUT2D eigenvalue weighted by atomic mass is 16.5. The van der Waals surface area contributed by atoms with E-state index in [2.05, 4.69) is 6.07 Å². The Kier molecular flexibility index (Phi) is 2.28. The lowest BCUT2D eigenvalue weighted by Gasteiger charge is -2.11. The van der Waals surface area contributed by atoms with Crippen molar-refractivity contribution in [3.63, 3.8) is 0 Å². The lowest BCUT2D eigenvalue weighted by molar-refractivity contribution is 0.354. The number of methoxy groups -OCH3 is 2. The predicted octanol–water partition coefficient (Wildman–Crippen LogP) is 2.26. The Morgan fingerprint density at radius 1 is 1.20 bits per heavy atom. The molecule has 2 rings (SSSR count). The lowest BCUT2D eigenvalue weighted by atomic mass is 9.97. The van der Waals surface area contributed by atoms with Gasteiger partial charge in [-0.05, 0) is 30.5 Å². The molecular weight excluding hydrogens is 190 g/mol. The van der Waals surface area contributed by atoms with E-state index in [0.29, 0.717) is 11.5 Å². The Balaban J connectivity index is 2.40. The van der Waals surface area contributed by atoms with Gasteiger partial charge >= 0.3 is 0 Å². The van der Waals surface area contributed by atoms with Gasteiger partial charge < -0.3 is 9.47 Å². The fourth-order valence-corrected chi connectivity index (χ4v) is 1.72. The number of rotatable bonds is 3. The summed E-state index contributed by atoms with van der Waals surface area (Å²) in [5.74, 6) is 1.39. The molecule has 3 heteroatoms. The van der Waals surface area contributed by atoms with Gasteiger partial charge in [-0.3, -0.25) is 0 Å². The normalized spacial score (nSPS) is 16.6. The van der Waals surface area contributed by atoms with E-state index >= 15 is 0 Å². The quantitative estimate of drug-likeness (QED) is 0.756. The van der Waals surface area contributed by atoms with Crippen LogP contribution in [0.25, 0.3) is 0 Å². The molecule has 0 N–H and O–H groups in total. The molecule has 0 spiro atoms. The van der Waals surface area contributed by atoms with Gasteiger partial charge in [0.2, 0.25) is 0 Å². The minimum atomic E-state index is -0.264. The Bertz CT molecular complexity index is 416. The minimum absolute atomic E-state index is 0.264. The zero-order valence-electron chi connectivity index (χ0n) is 8.91. The molecule has 15 heavy (non-hydrogen) atoms. The van der Waals surface area contributed by atoms with Crippen LogP contribution in [-0.2, 0) is 5.41 Å². The van der Waals surface area contributed by atoms with Gasteiger partial charge in [-0.1, -0.05) is 6.07 Å². The number of nitriles is 1. The van der Waals surface area contributed by atoms with Gasteiger partial charge in [0.15, 0.2) is 11.5 Å². The van der Waals surface area contributed by atoms with E-state index in [1.807, 2.05) is 18.2 Å². The van der Waals surface area contributed by atoms with Crippen LogP contribution in [0.5, 0.6) is 11.5 Å². The van der Waals surface area contributed by atoms with Crippen LogP contribution in [0.4, 0.5) is 0 Å². The van der Waals surface area contributed by atoms with Gasteiger partial charge in [0, 0.05) is 0 Å². The van der Waals surface area contributed by atoms with Crippen molar-refractivity contribution in [2.45, 2.75) is 18.3 Å². The SMILES string of the molecule is COc1ccc(C2(C#N)CC2)cc1OC. The van der Waals surface area contributed by atoms with Crippen LogP contribution < -0.4 is 9.47 Å². The number of hydrogen-bond donors (Lipinski definition) is 0. The highest BCUT2D eigenvalue weighted by Gasteiger charge is 2.45. The molecule has 1 saturated carbocycles. The van der Waals surface area contributed by atoms with Crippen molar-refractivity contribution in [3.05, 3.63) is 23.8 Å². The first-order valence-electron chi connectivity index (χ1n) is 4.89. The Labute approximate surface area is 89.2 Å². The monoisotopic (exact) mass is 203 g/mol. The Morgan fingerprint density at radius 2 is 1.87 bits per heavy atom. The van der Waals surface area contributed by atoms with E-state index in [1.165, 1.54) is 0 Å². The third-order valence-electron chi connectivity index (χ3n) is 2.90. The summed E-state index contributed by atoms with van der Waals surface area (Å²) in [6, 6.07) is 8.05. The molecule has 0 radical (unpaired) electrons. The zero-order chi connectivity index (χ0) is 10.9. The van der Waals surface area contributed by atoms with Crippen LogP contribution >= 0.6 is 0 Å². The van der Waals surface area contributed by atoms with Crippen molar-refractivity contribution in [2.24, 2.45) is 0 Å². The summed E-state index contributed by atoms with van der Waals surface area (Å²) in [4.78, 5) is 0. The van der Waals surface area contributed by atoms with E-state index in [-0.39, 0.29) is 5.41 Å². The second-order valence-electron chi connectivity index (χ2n) is 3.76. The molecule has 0 heterocycles. The summed E-state index contributed by atoms with van der Waals surface area (Å²) in [5, 5.41) is 9.08. The molecule has 78 valence electrons. The molecule has 1 aromatic carbocycles. The largest absolute Gasteiger partial charge is 0.493 e. The van der Waals surface area contributed by atoms with Crippen molar-refractivity contribution in [1.82, 2.24) is 0 Å². The molecule has 1 aromatic rings. The zero-order valence-corrected chi connectivity index (χ0v) is 8.91. The van der Waals surface area contributed by atoms with Gasteiger partial charge in [0.05, 0.1) is 25.7 Å². The first-order valence-corrected chi connectivity index (χ1v) is 4.89. The maximum absolute atomic E-state index is 9.08. The second kappa shape index (κ2) is 3.47. The standard InChI is InChI=1S/C12H13NO2/c1-14-10-4-3-9(7-11(10)15-2)12(8-13)5-6-12/h3-4,7H,5-6H2,1-2H3. The molecule has 0 aliphatic heterocycles. The van der Waals surface area contributed by atoms with Crippen molar-refractivity contribution >= 4 is 0 Å². The maximum Gasteiger partial charge on any atom is 0.161 e. The Morgan fingerprint density at radius 3 is 2.33 bits per heavy atom. The highest BCUT2D eigenvalue weighted by molar-refractivity contribution is 5.49. The number of ether oxygens (including phenoxy) is 2. The summed E-state index contributed by atoms with van der Waals surface area (Å²) < 4.78 is 10.4. The van der Waals surface area contributed by atoms with Gasteiger partial charge in [0.25, 0.3) is 0 Å². The van der Waals surface area contributed by atoms with E-state index in [9.17, 15) is 0 Å². The molecule has 1 aliphatic rings. The van der Waals surface area contributed by atoms with Crippen molar-refractivity contribution in [1.29, 1.82) is 5.26 Å². The number of benzene rings is 1. The smallest absolute Gasteiger partial charge is 0.161 e. The summed E-state index contributed by atoms with van der Waals surface area (Å²) in [5.41, 5.74) is 0.766. The summed E-state index contributed by atoms with van der Waals surface area (Å²) in [6.45, 7) is 0. The first kappa shape index (κ1) is 9.85. The molecule has 1 aliphatic carbocycles. The lowest BCUT2D eigenvalue weighted by Crippen LogP contribution is -2.03. The van der Waals surface area contributed by atoms with Crippen LogP contribution in [-0.4, -0.2) is 14.2 Å². The molecule has 0 bridgehead atoms. The minimum Gasteiger partial charge on any atom is -0.493 e. The van der Waals surface area contributed by atoms with Crippen LogP contribution in [0.2, 0.25) is 0 Å². The summed E-state index contributed by atoms with van der Waals surface area (Å²) in [6.07, 6.45) is 1.89. The molecule has 0 atom stereocenters. The van der Waals surface area contributed by atoms with E-state index in [0.717, 1.165) is 18.4 Å². The molecule has 3 nitrogen and oxygen atoms in total. The predicted molar refractivity (Wildman–Crippen MR) is 56.1 cm³/mol. The second-order valence-corrected chi connectivity index (χ2v) is 3.76. The van der Waals surface area contributed by atoms with Crippen LogP contribution in [0, 0.1) is 11.3 Å². The van der Waals surface area contributed by atoms with Crippen LogP contribution in [0.15, 0.2) is 18.2 Å². The van der Waals surface area contributed by atoms with Gasteiger partial charge in [0.1, 0.15) is 0 Å². The van der Waals surface area contributed by atoms with Crippen molar-refractivity contribution in [3.8, 4) is 17.6 Å². The van der Waals surface area contributed by atoms with Crippen molar-refractivity contribution < 1.29 is 9.47 Å². The van der Waals surface area contributed by atoms with Crippen molar-refractivity contribution in [2.75, 3.05) is 14.2 Å². The maximum atomic E-state index is 9.08. The average Bonchev–Trinajstić information content (AvgIpc) is 3.09. The summed E-state index contributed by atoms with van der Waals surface area (Å²) >= 11 is 0. The molecule has 0 amide bonds. The Hall–Kier alpha value is -1.69. The fourth-order valence-electron chi connectivity index (χ4n) is 1.72. The van der Waals surface area contributed by atoms with E-state index in [1.54, 1.807) is 14.2 Å². The fraction of sp³-hybridized carbons (Fsp3) is 0.417. The van der Waals surface area contributed by atoms with E-state index in [4.69, 9.17) is 14.7 Å².